The van der Waals surface area contributed by atoms with E-state index in [-0.39, 0.29) is 6.09 Å². The number of rotatable bonds is 2. The summed E-state index contributed by atoms with van der Waals surface area (Å²) in [7, 11) is 0. The molecule has 0 bridgehead atoms. The van der Waals surface area contributed by atoms with Crippen LogP contribution in [0.4, 0.5) is 4.79 Å². The number of carbonyl (C=O) groups excluding carboxylic acids is 1. The number of piperidine rings is 2. The zero-order valence-electron chi connectivity index (χ0n) is 13.8. The molecule has 6 heteroatoms. The van der Waals surface area contributed by atoms with Crippen molar-refractivity contribution in [2.24, 2.45) is 11.8 Å². The lowest BCUT2D eigenvalue weighted by Gasteiger charge is -2.39. The molecule has 0 radical (unpaired) electrons. The van der Waals surface area contributed by atoms with Crippen LogP contribution in [0.15, 0.2) is 0 Å². The molecular weight excluding hydrogens is 284 g/mol. The first-order valence-electron chi connectivity index (χ1n) is 8.20. The molecule has 0 aromatic heterocycles. The number of nitrogens with one attached hydrogen (secondary N) is 1. The highest BCUT2D eigenvalue weighted by Crippen LogP contribution is 2.30. The van der Waals surface area contributed by atoms with E-state index in [0.29, 0.717) is 18.3 Å². The second kappa shape index (κ2) is 6.86. The third-order valence-electron chi connectivity index (χ3n) is 4.53. The van der Waals surface area contributed by atoms with Gasteiger partial charge in [-0.05, 0) is 64.8 Å². The van der Waals surface area contributed by atoms with E-state index in [2.05, 4.69) is 5.32 Å². The van der Waals surface area contributed by atoms with Gasteiger partial charge in [0.15, 0.2) is 0 Å². The van der Waals surface area contributed by atoms with Gasteiger partial charge in [-0.1, -0.05) is 0 Å². The Hall–Kier alpha value is -1.30. The predicted molar refractivity (Wildman–Crippen MR) is 82.7 cm³/mol. The highest BCUT2D eigenvalue weighted by molar-refractivity contribution is 5.73. The van der Waals surface area contributed by atoms with Crippen molar-refractivity contribution in [2.45, 2.75) is 58.1 Å². The van der Waals surface area contributed by atoms with Crippen LogP contribution in [0.1, 0.15) is 46.5 Å². The summed E-state index contributed by atoms with van der Waals surface area (Å²) in [6, 6.07) is -0.415. The van der Waals surface area contributed by atoms with Crippen molar-refractivity contribution in [3.8, 4) is 0 Å². The quantitative estimate of drug-likeness (QED) is 0.816. The molecule has 2 heterocycles. The van der Waals surface area contributed by atoms with Gasteiger partial charge in [0.2, 0.25) is 0 Å². The zero-order valence-corrected chi connectivity index (χ0v) is 13.8. The zero-order chi connectivity index (χ0) is 16.3. The lowest BCUT2D eigenvalue weighted by atomic mass is 9.80. The van der Waals surface area contributed by atoms with Gasteiger partial charge in [-0.15, -0.1) is 0 Å². The standard InChI is InChI=1S/C16H28N2O4/c1-16(2,3)22-15(21)18-8-4-5-12(10-18)11-6-7-13(14(19)20)17-9-11/h11-13,17H,4-10H2,1-3H3,(H,19,20). The number of aliphatic carboxylic acids is 1. The first kappa shape index (κ1) is 17.1. The first-order chi connectivity index (χ1) is 10.3. The molecule has 2 aliphatic rings. The third-order valence-corrected chi connectivity index (χ3v) is 4.53. The van der Waals surface area contributed by atoms with Gasteiger partial charge in [-0.2, -0.15) is 0 Å². The van der Waals surface area contributed by atoms with Crippen LogP contribution in [0.2, 0.25) is 0 Å². The van der Waals surface area contributed by atoms with Crippen LogP contribution in [0.3, 0.4) is 0 Å². The van der Waals surface area contributed by atoms with Crippen molar-refractivity contribution in [1.82, 2.24) is 10.2 Å². The van der Waals surface area contributed by atoms with Crippen LogP contribution in [0.5, 0.6) is 0 Å². The van der Waals surface area contributed by atoms with Gasteiger partial charge in [-0.3, -0.25) is 4.79 Å². The van der Waals surface area contributed by atoms with Crippen molar-refractivity contribution in [2.75, 3.05) is 19.6 Å². The molecule has 3 atom stereocenters. The van der Waals surface area contributed by atoms with Gasteiger partial charge in [-0.25, -0.2) is 4.79 Å². The maximum atomic E-state index is 12.2. The number of carboxylic acid groups (broad SMARTS) is 1. The first-order valence-corrected chi connectivity index (χ1v) is 8.20. The van der Waals surface area contributed by atoms with Gasteiger partial charge in [0.1, 0.15) is 11.6 Å². The SMILES string of the molecule is CC(C)(C)OC(=O)N1CCCC(C2CCC(C(=O)O)NC2)C1. The van der Waals surface area contributed by atoms with Crippen molar-refractivity contribution >= 4 is 12.1 Å². The fraction of sp³-hybridized carbons (Fsp3) is 0.875. The van der Waals surface area contributed by atoms with Gasteiger partial charge in [0.25, 0.3) is 0 Å². The molecule has 2 N–H and O–H groups in total. The topological polar surface area (TPSA) is 78.9 Å². The fourth-order valence-corrected chi connectivity index (χ4v) is 3.38. The third kappa shape index (κ3) is 4.60. The highest BCUT2D eigenvalue weighted by atomic mass is 16.6. The second-order valence-electron chi connectivity index (χ2n) is 7.47. The molecule has 2 rings (SSSR count). The summed E-state index contributed by atoms with van der Waals surface area (Å²) in [5.74, 6) is 0.113. The largest absolute Gasteiger partial charge is 0.480 e. The van der Waals surface area contributed by atoms with Crippen molar-refractivity contribution in [3.63, 3.8) is 0 Å². The molecule has 3 unspecified atom stereocenters. The molecule has 0 saturated carbocycles. The maximum absolute atomic E-state index is 12.2. The van der Waals surface area contributed by atoms with Crippen LogP contribution in [-0.4, -0.2) is 53.3 Å². The molecular formula is C16H28N2O4. The summed E-state index contributed by atoms with van der Waals surface area (Å²) in [6.07, 6.45) is 3.44. The van der Waals surface area contributed by atoms with Gasteiger partial charge in [0, 0.05) is 13.1 Å². The minimum atomic E-state index is -0.766. The number of carbonyl (C=O) groups is 2. The van der Waals surface area contributed by atoms with E-state index in [4.69, 9.17) is 9.84 Å². The Morgan fingerprint density at radius 2 is 1.91 bits per heavy atom. The molecule has 2 saturated heterocycles. The predicted octanol–water partition coefficient (Wildman–Crippen LogP) is 2.09. The number of amides is 1. The van der Waals surface area contributed by atoms with Crippen LogP contribution < -0.4 is 5.32 Å². The summed E-state index contributed by atoms with van der Waals surface area (Å²) >= 11 is 0. The minimum Gasteiger partial charge on any atom is -0.480 e. The van der Waals surface area contributed by atoms with E-state index in [1.807, 2.05) is 25.7 Å². The number of ether oxygens (including phenoxy) is 1. The number of hydrogen-bond acceptors (Lipinski definition) is 4. The Bertz CT molecular complexity index is 411. The molecule has 0 spiro atoms. The van der Waals surface area contributed by atoms with Crippen LogP contribution in [0, 0.1) is 11.8 Å². The Balaban J connectivity index is 1.86. The van der Waals surface area contributed by atoms with Crippen LogP contribution in [-0.2, 0) is 9.53 Å². The smallest absolute Gasteiger partial charge is 0.410 e. The lowest BCUT2D eigenvalue weighted by molar-refractivity contribution is -0.140. The van der Waals surface area contributed by atoms with E-state index >= 15 is 0 Å². The van der Waals surface area contributed by atoms with E-state index in [1.54, 1.807) is 0 Å². The number of nitrogens with zero attached hydrogens (tertiary/aromatic N) is 1. The molecule has 6 nitrogen and oxygen atoms in total. The summed E-state index contributed by atoms with van der Waals surface area (Å²) in [5, 5.41) is 12.1. The van der Waals surface area contributed by atoms with Crippen molar-refractivity contribution in [3.05, 3.63) is 0 Å². The van der Waals surface area contributed by atoms with Gasteiger partial charge in [0.05, 0.1) is 0 Å². The number of carboxylic acids is 1. The summed E-state index contributed by atoms with van der Waals surface area (Å²) in [4.78, 5) is 25.0. The molecule has 0 aromatic rings. The number of likely N-dealkylation sites (tertiary alicyclic amines) is 1. The molecule has 1 amide bonds. The minimum absolute atomic E-state index is 0.232. The van der Waals surface area contributed by atoms with Gasteiger partial charge < -0.3 is 20.1 Å². The normalized spacial score (nSPS) is 30.0. The van der Waals surface area contributed by atoms with E-state index < -0.39 is 17.6 Å². The lowest BCUT2D eigenvalue weighted by Crippen LogP contribution is -2.50. The Kier molecular flexibility index (Phi) is 5.32. The summed E-state index contributed by atoms with van der Waals surface area (Å²) in [6.45, 7) is 7.84. The fourth-order valence-electron chi connectivity index (χ4n) is 3.38. The second-order valence-corrected chi connectivity index (χ2v) is 7.47. The van der Waals surface area contributed by atoms with E-state index in [9.17, 15) is 9.59 Å². The summed E-state index contributed by atoms with van der Waals surface area (Å²) < 4.78 is 5.46. The Labute approximate surface area is 132 Å². The Morgan fingerprint density at radius 3 is 2.45 bits per heavy atom. The molecule has 22 heavy (non-hydrogen) atoms. The summed E-state index contributed by atoms with van der Waals surface area (Å²) in [5.41, 5.74) is -0.467. The van der Waals surface area contributed by atoms with Crippen LogP contribution >= 0.6 is 0 Å². The average Bonchev–Trinajstić information content (AvgIpc) is 2.46. The molecule has 126 valence electrons. The molecule has 2 fully saturated rings. The maximum Gasteiger partial charge on any atom is 0.410 e. The van der Waals surface area contributed by atoms with Crippen molar-refractivity contribution < 1.29 is 19.4 Å². The Morgan fingerprint density at radius 1 is 1.18 bits per heavy atom. The molecule has 0 aliphatic carbocycles. The van der Waals surface area contributed by atoms with Crippen LogP contribution in [0.25, 0.3) is 0 Å². The molecule has 0 aromatic carbocycles. The van der Waals surface area contributed by atoms with E-state index in [1.165, 1.54) is 0 Å². The van der Waals surface area contributed by atoms with E-state index in [0.717, 1.165) is 38.9 Å². The molecule has 2 aliphatic heterocycles. The monoisotopic (exact) mass is 312 g/mol. The van der Waals surface area contributed by atoms with Crippen molar-refractivity contribution in [1.29, 1.82) is 0 Å². The van der Waals surface area contributed by atoms with Gasteiger partial charge >= 0.3 is 12.1 Å². The average molecular weight is 312 g/mol. The number of hydrogen-bond donors (Lipinski definition) is 2. The highest BCUT2D eigenvalue weighted by Gasteiger charge is 2.34.